The number of hydrogen-bond donors (Lipinski definition) is 1. The van der Waals surface area contributed by atoms with Crippen LogP contribution in [0.25, 0.3) is 6.08 Å². The van der Waals surface area contributed by atoms with Crippen LogP contribution in [0, 0.1) is 0 Å². The van der Waals surface area contributed by atoms with Crippen molar-refractivity contribution < 1.29 is 14.6 Å². The van der Waals surface area contributed by atoms with Crippen molar-refractivity contribution in [2.75, 3.05) is 6.61 Å². The van der Waals surface area contributed by atoms with Crippen LogP contribution in [0.1, 0.15) is 36.8 Å². The molecule has 0 radical (unpaired) electrons. The summed E-state index contributed by atoms with van der Waals surface area (Å²) in [7, 11) is 0. The molecule has 0 fully saturated rings. The van der Waals surface area contributed by atoms with Gasteiger partial charge >= 0.3 is 5.97 Å². The fourth-order valence-corrected chi connectivity index (χ4v) is 2.40. The lowest BCUT2D eigenvalue weighted by molar-refractivity contribution is -0.137. The van der Waals surface area contributed by atoms with E-state index < -0.39 is 0 Å². The fraction of sp³-hybridized carbons (Fsp3) is 0.286. The number of phenols is 1. The van der Waals surface area contributed by atoms with E-state index in [9.17, 15) is 9.90 Å². The zero-order chi connectivity index (χ0) is 17.0. The SMILES string of the molecule is O=C(/C=C/c1ccc(O)cc1)OCCCCCCc1ccccc1. The molecule has 2 rings (SSSR count). The first-order valence-corrected chi connectivity index (χ1v) is 8.42. The number of rotatable bonds is 9. The Bertz CT molecular complexity index is 630. The van der Waals surface area contributed by atoms with Crippen molar-refractivity contribution >= 4 is 12.0 Å². The molecule has 0 unspecified atom stereocenters. The van der Waals surface area contributed by atoms with Crippen molar-refractivity contribution in [3.05, 3.63) is 71.8 Å². The van der Waals surface area contributed by atoms with Crippen LogP contribution >= 0.6 is 0 Å². The average Bonchev–Trinajstić information content (AvgIpc) is 2.61. The quantitative estimate of drug-likeness (QED) is 0.411. The standard InChI is InChI=1S/C21H24O3/c22-20-14-11-19(12-15-20)13-16-21(23)24-17-7-2-1-4-8-18-9-5-3-6-10-18/h3,5-6,9-16,22H,1-2,4,7-8,17H2/b16-13+. The molecule has 126 valence electrons. The lowest BCUT2D eigenvalue weighted by atomic mass is 10.1. The van der Waals surface area contributed by atoms with Gasteiger partial charge in [-0.3, -0.25) is 0 Å². The maximum Gasteiger partial charge on any atom is 0.330 e. The van der Waals surface area contributed by atoms with Crippen molar-refractivity contribution in [2.24, 2.45) is 0 Å². The summed E-state index contributed by atoms with van der Waals surface area (Å²) in [6, 6.07) is 17.1. The summed E-state index contributed by atoms with van der Waals surface area (Å²) in [5.41, 5.74) is 2.23. The lowest BCUT2D eigenvalue weighted by Gasteiger charge is -2.03. The van der Waals surface area contributed by atoms with Crippen molar-refractivity contribution in [3.8, 4) is 5.75 Å². The largest absolute Gasteiger partial charge is 0.508 e. The summed E-state index contributed by atoms with van der Waals surface area (Å²) in [5, 5.41) is 9.19. The Morgan fingerprint density at radius 3 is 2.38 bits per heavy atom. The Hall–Kier alpha value is -2.55. The van der Waals surface area contributed by atoms with Crippen LogP contribution in [-0.4, -0.2) is 17.7 Å². The molecule has 0 saturated carbocycles. The number of carbonyl (C=O) groups excluding carboxylic acids is 1. The van der Waals surface area contributed by atoms with E-state index in [1.54, 1.807) is 30.3 Å². The summed E-state index contributed by atoms with van der Waals surface area (Å²) in [5.74, 6) is -0.116. The molecule has 0 amide bonds. The molecule has 24 heavy (non-hydrogen) atoms. The van der Waals surface area contributed by atoms with E-state index >= 15 is 0 Å². The third-order valence-corrected chi connectivity index (χ3v) is 3.75. The van der Waals surface area contributed by atoms with Gasteiger partial charge in [0.1, 0.15) is 5.75 Å². The molecule has 0 spiro atoms. The second-order valence-electron chi connectivity index (χ2n) is 5.74. The predicted octanol–water partition coefficient (Wildman–Crippen LogP) is 4.75. The molecule has 0 saturated heterocycles. The van der Waals surface area contributed by atoms with Crippen molar-refractivity contribution in [1.82, 2.24) is 0 Å². The highest BCUT2D eigenvalue weighted by molar-refractivity contribution is 5.87. The molecule has 0 aliphatic rings. The summed E-state index contributed by atoms with van der Waals surface area (Å²) >= 11 is 0. The zero-order valence-corrected chi connectivity index (χ0v) is 13.9. The van der Waals surface area contributed by atoms with Gasteiger partial charge in [-0.2, -0.15) is 0 Å². The highest BCUT2D eigenvalue weighted by Crippen LogP contribution is 2.11. The van der Waals surface area contributed by atoms with Crippen molar-refractivity contribution in [2.45, 2.75) is 32.1 Å². The summed E-state index contributed by atoms with van der Waals surface area (Å²) in [6.45, 7) is 0.462. The summed E-state index contributed by atoms with van der Waals surface area (Å²) in [4.78, 5) is 11.6. The minimum absolute atomic E-state index is 0.210. The van der Waals surface area contributed by atoms with E-state index in [4.69, 9.17) is 4.74 Å². The van der Waals surface area contributed by atoms with Gasteiger partial charge in [-0.1, -0.05) is 55.3 Å². The van der Waals surface area contributed by atoms with Gasteiger partial charge in [0.25, 0.3) is 0 Å². The molecule has 3 nitrogen and oxygen atoms in total. The number of benzene rings is 2. The van der Waals surface area contributed by atoms with Crippen LogP contribution in [0.2, 0.25) is 0 Å². The second kappa shape index (κ2) is 10.3. The van der Waals surface area contributed by atoms with E-state index in [1.807, 2.05) is 6.07 Å². The molecule has 0 aromatic heterocycles. The zero-order valence-electron chi connectivity index (χ0n) is 13.9. The van der Waals surface area contributed by atoms with Crippen LogP contribution < -0.4 is 0 Å². The van der Waals surface area contributed by atoms with Gasteiger partial charge in [0.05, 0.1) is 6.61 Å². The number of unbranched alkanes of at least 4 members (excludes halogenated alkanes) is 3. The molecule has 3 heteroatoms. The van der Waals surface area contributed by atoms with E-state index in [2.05, 4.69) is 24.3 Å². The number of ether oxygens (including phenoxy) is 1. The van der Waals surface area contributed by atoms with Crippen molar-refractivity contribution in [3.63, 3.8) is 0 Å². The van der Waals surface area contributed by atoms with Gasteiger partial charge < -0.3 is 9.84 Å². The van der Waals surface area contributed by atoms with Gasteiger partial charge in [-0.05, 0) is 48.6 Å². The van der Waals surface area contributed by atoms with E-state index in [1.165, 1.54) is 18.1 Å². The molecular weight excluding hydrogens is 300 g/mol. The lowest BCUT2D eigenvalue weighted by Crippen LogP contribution is -2.02. The van der Waals surface area contributed by atoms with Crippen LogP contribution in [0.15, 0.2) is 60.7 Å². The van der Waals surface area contributed by atoms with E-state index in [0.29, 0.717) is 6.61 Å². The predicted molar refractivity (Wildman–Crippen MR) is 96.7 cm³/mol. The average molecular weight is 324 g/mol. The Kier molecular flexibility index (Phi) is 7.61. The van der Waals surface area contributed by atoms with Gasteiger partial charge in [-0.25, -0.2) is 4.79 Å². The summed E-state index contributed by atoms with van der Waals surface area (Å²) in [6.07, 6.45) is 8.49. The second-order valence-corrected chi connectivity index (χ2v) is 5.74. The Morgan fingerprint density at radius 1 is 0.917 bits per heavy atom. The minimum Gasteiger partial charge on any atom is -0.508 e. The number of aromatic hydroxyl groups is 1. The first-order valence-electron chi connectivity index (χ1n) is 8.42. The van der Waals surface area contributed by atoms with Crippen LogP contribution in [0.4, 0.5) is 0 Å². The monoisotopic (exact) mass is 324 g/mol. The fourth-order valence-electron chi connectivity index (χ4n) is 2.40. The highest BCUT2D eigenvalue weighted by Gasteiger charge is 1.98. The highest BCUT2D eigenvalue weighted by atomic mass is 16.5. The molecule has 2 aromatic carbocycles. The van der Waals surface area contributed by atoms with Gasteiger partial charge in [0, 0.05) is 6.08 Å². The topological polar surface area (TPSA) is 46.5 Å². The Morgan fingerprint density at radius 2 is 1.62 bits per heavy atom. The molecule has 0 bridgehead atoms. The number of hydrogen-bond acceptors (Lipinski definition) is 3. The number of carbonyl (C=O) groups is 1. The van der Waals surface area contributed by atoms with Crippen LogP contribution in [0.5, 0.6) is 5.75 Å². The molecule has 0 aliphatic carbocycles. The van der Waals surface area contributed by atoms with Gasteiger partial charge in [-0.15, -0.1) is 0 Å². The van der Waals surface area contributed by atoms with E-state index in [0.717, 1.165) is 31.2 Å². The third kappa shape index (κ3) is 7.14. The van der Waals surface area contributed by atoms with Crippen LogP contribution in [0.3, 0.4) is 0 Å². The molecule has 1 N–H and O–H groups in total. The number of phenolic OH excluding ortho intramolecular Hbond substituents is 1. The van der Waals surface area contributed by atoms with Gasteiger partial charge in [0.15, 0.2) is 0 Å². The van der Waals surface area contributed by atoms with Gasteiger partial charge in [0.2, 0.25) is 0 Å². The van der Waals surface area contributed by atoms with E-state index in [-0.39, 0.29) is 11.7 Å². The molecule has 2 aromatic rings. The van der Waals surface area contributed by atoms with Crippen LogP contribution in [-0.2, 0) is 16.0 Å². The maximum absolute atomic E-state index is 11.6. The number of aryl methyl sites for hydroxylation is 1. The summed E-state index contributed by atoms with van der Waals surface area (Å²) < 4.78 is 5.18. The smallest absolute Gasteiger partial charge is 0.330 e. The first kappa shape index (κ1) is 17.8. The normalized spacial score (nSPS) is 10.8. The van der Waals surface area contributed by atoms with Crippen molar-refractivity contribution in [1.29, 1.82) is 0 Å². The number of esters is 1. The Balaban J connectivity index is 1.52. The molecular formula is C21H24O3. The third-order valence-electron chi connectivity index (χ3n) is 3.75. The Labute approximate surface area is 143 Å². The molecule has 0 heterocycles. The maximum atomic E-state index is 11.6. The first-order chi connectivity index (χ1) is 11.7. The minimum atomic E-state index is -0.327. The molecule has 0 aliphatic heterocycles. The molecule has 0 atom stereocenters.